The number of carbonyl (C=O) groups is 1. The van der Waals surface area contributed by atoms with Gasteiger partial charge >= 0.3 is 5.69 Å². The normalized spacial score (nSPS) is 14.5. The summed E-state index contributed by atoms with van der Waals surface area (Å²) in [4.78, 5) is 43.1. The molecule has 4 rings (SSSR count). The van der Waals surface area contributed by atoms with Crippen molar-refractivity contribution in [3.05, 3.63) is 59.1 Å². The molecule has 132 valence electrons. The predicted octanol–water partition coefficient (Wildman–Crippen LogP) is 0.782. The van der Waals surface area contributed by atoms with Crippen LogP contribution < -0.4 is 10.6 Å². The molecule has 0 aromatic carbocycles. The van der Waals surface area contributed by atoms with Gasteiger partial charge in [-0.05, 0) is 24.3 Å². The topological polar surface area (TPSA) is 108 Å². The summed E-state index contributed by atoms with van der Waals surface area (Å²) in [6, 6.07) is 6.71. The van der Waals surface area contributed by atoms with Crippen molar-refractivity contribution in [1.82, 2.24) is 24.8 Å². The Morgan fingerprint density at radius 3 is 2.58 bits per heavy atom. The summed E-state index contributed by atoms with van der Waals surface area (Å²) in [5, 5.41) is 0. The quantitative estimate of drug-likeness (QED) is 0.742. The number of hydrogen-bond donors (Lipinski definition) is 1. The number of anilines is 1. The fourth-order valence-corrected chi connectivity index (χ4v) is 2.86. The first-order chi connectivity index (χ1) is 12.7. The van der Waals surface area contributed by atoms with Crippen molar-refractivity contribution in [1.29, 1.82) is 0 Å². The molecule has 3 aromatic rings. The number of aromatic nitrogens is 4. The van der Waals surface area contributed by atoms with E-state index in [9.17, 15) is 9.59 Å². The molecule has 0 saturated carbocycles. The van der Waals surface area contributed by atoms with Crippen molar-refractivity contribution in [2.24, 2.45) is 0 Å². The molecular weight excluding hydrogens is 336 g/mol. The Morgan fingerprint density at radius 1 is 1.12 bits per heavy atom. The van der Waals surface area contributed by atoms with Crippen molar-refractivity contribution in [3.8, 4) is 11.5 Å². The molecule has 0 atom stereocenters. The number of rotatable bonds is 3. The molecule has 1 N–H and O–H groups in total. The SMILES string of the molecule is O=C(c1cc(-c2ccco2)[nH]c(=O)n1)N1CCN(c2ncccn2)CC1. The Labute approximate surface area is 148 Å². The number of nitrogens with zero attached hydrogens (tertiary/aromatic N) is 5. The third-order valence-electron chi connectivity index (χ3n) is 4.15. The molecule has 0 spiro atoms. The van der Waals surface area contributed by atoms with E-state index in [-0.39, 0.29) is 11.6 Å². The van der Waals surface area contributed by atoms with Crippen LogP contribution in [-0.4, -0.2) is 56.9 Å². The molecule has 0 aliphatic carbocycles. The molecule has 0 unspecified atom stereocenters. The van der Waals surface area contributed by atoms with Crippen LogP contribution in [0.4, 0.5) is 5.95 Å². The summed E-state index contributed by atoms with van der Waals surface area (Å²) in [5.41, 5.74) is -0.0576. The standard InChI is InChI=1S/C17H16N6O3/c24-15(13-11-12(20-17(25)21-13)14-3-1-10-26-14)22-6-8-23(9-7-22)16-18-4-2-5-19-16/h1-5,10-11H,6-9H2,(H,20,21,25). The van der Waals surface area contributed by atoms with Crippen LogP contribution >= 0.6 is 0 Å². The fraction of sp³-hybridized carbons (Fsp3) is 0.235. The van der Waals surface area contributed by atoms with Crippen LogP contribution in [0.2, 0.25) is 0 Å². The number of hydrogen-bond acceptors (Lipinski definition) is 7. The summed E-state index contributed by atoms with van der Waals surface area (Å²) in [6.45, 7) is 2.23. The number of carbonyl (C=O) groups excluding carboxylic acids is 1. The van der Waals surface area contributed by atoms with E-state index in [1.54, 1.807) is 35.5 Å². The Balaban J connectivity index is 1.50. The molecule has 1 aliphatic heterocycles. The first kappa shape index (κ1) is 16.0. The first-order valence-electron chi connectivity index (χ1n) is 8.17. The van der Waals surface area contributed by atoms with Crippen LogP contribution in [0.1, 0.15) is 10.5 Å². The third kappa shape index (κ3) is 3.18. The molecule has 1 aliphatic rings. The van der Waals surface area contributed by atoms with E-state index < -0.39 is 5.69 Å². The number of amides is 1. The maximum Gasteiger partial charge on any atom is 0.346 e. The Bertz CT molecular complexity index is 946. The lowest BCUT2D eigenvalue weighted by Crippen LogP contribution is -2.49. The summed E-state index contributed by atoms with van der Waals surface area (Å²) in [6.07, 6.45) is 4.88. The van der Waals surface area contributed by atoms with Gasteiger partial charge in [0.2, 0.25) is 5.95 Å². The summed E-state index contributed by atoms with van der Waals surface area (Å²) in [5.74, 6) is 0.844. The molecular formula is C17H16N6O3. The zero-order valence-corrected chi connectivity index (χ0v) is 13.8. The fourth-order valence-electron chi connectivity index (χ4n) is 2.86. The smallest absolute Gasteiger partial charge is 0.346 e. The number of aromatic amines is 1. The zero-order valence-electron chi connectivity index (χ0n) is 13.8. The molecule has 9 nitrogen and oxygen atoms in total. The minimum atomic E-state index is -0.585. The highest BCUT2D eigenvalue weighted by atomic mass is 16.3. The van der Waals surface area contributed by atoms with Crippen LogP contribution in [0.25, 0.3) is 11.5 Å². The van der Waals surface area contributed by atoms with Gasteiger partial charge in [0.15, 0.2) is 0 Å². The molecule has 3 aromatic heterocycles. The van der Waals surface area contributed by atoms with Gasteiger partial charge < -0.3 is 19.2 Å². The molecule has 1 fully saturated rings. The summed E-state index contributed by atoms with van der Waals surface area (Å²) >= 11 is 0. The summed E-state index contributed by atoms with van der Waals surface area (Å²) in [7, 11) is 0. The number of nitrogens with one attached hydrogen (secondary N) is 1. The molecule has 9 heteroatoms. The van der Waals surface area contributed by atoms with Gasteiger partial charge in [-0.3, -0.25) is 4.79 Å². The zero-order chi connectivity index (χ0) is 17.9. The second kappa shape index (κ2) is 6.79. The van der Waals surface area contributed by atoms with Crippen LogP contribution in [0.5, 0.6) is 0 Å². The van der Waals surface area contributed by atoms with Crippen molar-refractivity contribution >= 4 is 11.9 Å². The lowest BCUT2D eigenvalue weighted by Gasteiger charge is -2.34. The lowest BCUT2D eigenvalue weighted by molar-refractivity contribution is 0.0740. The van der Waals surface area contributed by atoms with Gasteiger partial charge in [0.1, 0.15) is 11.5 Å². The van der Waals surface area contributed by atoms with Crippen LogP contribution in [0, 0.1) is 0 Å². The van der Waals surface area contributed by atoms with Gasteiger partial charge in [-0.25, -0.2) is 14.8 Å². The van der Waals surface area contributed by atoms with Gasteiger partial charge in [0, 0.05) is 38.6 Å². The largest absolute Gasteiger partial charge is 0.463 e. The monoisotopic (exact) mass is 352 g/mol. The summed E-state index contributed by atoms with van der Waals surface area (Å²) < 4.78 is 5.27. The van der Waals surface area contributed by atoms with Crippen LogP contribution in [0.3, 0.4) is 0 Å². The van der Waals surface area contributed by atoms with Crippen molar-refractivity contribution in [2.45, 2.75) is 0 Å². The van der Waals surface area contributed by atoms with Crippen LogP contribution in [0.15, 0.2) is 52.1 Å². The molecule has 1 amide bonds. The van der Waals surface area contributed by atoms with E-state index >= 15 is 0 Å². The average Bonchev–Trinajstić information content (AvgIpc) is 3.23. The van der Waals surface area contributed by atoms with E-state index in [4.69, 9.17) is 4.42 Å². The average molecular weight is 352 g/mol. The Morgan fingerprint density at radius 2 is 1.88 bits per heavy atom. The van der Waals surface area contributed by atoms with Crippen molar-refractivity contribution in [2.75, 3.05) is 31.1 Å². The van der Waals surface area contributed by atoms with E-state index in [2.05, 4.69) is 19.9 Å². The van der Waals surface area contributed by atoms with E-state index in [0.717, 1.165) is 0 Å². The number of piperazine rings is 1. The maximum absolute atomic E-state index is 12.7. The van der Waals surface area contributed by atoms with Gasteiger partial charge in [-0.2, -0.15) is 4.98 Å². The second-order valence-corrected chi connectivity index (χ2v) is 5.79. The number of H-pyrrole nitrogens is 1. The molecule has 0 bridgehead atoms. The molecule has 1 saturated heterocycles. The van der Waals surface area contributed by atoms with E-state index in [0.29, 0.717) is 43.6 Å². The minimum Gasteiger partial charge on any atom is -0.463 e. The highest BCUT2D eigenvalue weighted by Gasteiger charge is 2.25. The third-order valence-corrected chi connectivity index (χ3v) is 4.15. The molecule has 0 radical (unpaired) electrons. The van der Waals surface area contributed by atoms with Crippen LogP contribution in [-0.2, 0) is 0 Å². The maximum atomic E-state index is 12.7. The Kier molecular flexibility index (Phi) is 4.18. The Hall–Kier alpha value is -3.49. The van der Waals surface area contributed by atoms with Crippen molar-refractivity contribution < 1.29 is 9.21 Å². The van der Waals surface area contributed by atoms with E-state index in [1.807, 2.05) is 4.90 Å². The van der Waals surface area contributed by atoms with E-state index in [1.165, 1.54) is 12.3 Å². The van der Waals surface area contributed by atoms with Crippen molar-refractivity contribution in [3.63, 3.8) is 0 Å². The highest BCUT2D eigenvalue weighted by molar-refractivity contribution is 5.93. The van der Waals surface area contributed by atoms with Gasteiger partial charge in [0.25, 0.3) is 5.91 Å². The van der Waals surface area contributed by atoms with Gasteiger partial charge in [-0.15, -0.1) is 0 Å². The molecule has 4 heterocycles. The lowest BCUT2D eigenvalue weighted by atomic mass is 10.2. The minimum absolute atomic E-state index is 0.101. The van der Waals surface area contributed by atoms with Gasteiger partial charge in [-0.1, -0.05) is 0 Å². The van der Waals surface area contributed by atoms with Gasteiger partial charge in [0.05, 0.1) is 12.0 Å². The second-order valence-electron chi connectivity index (χ2n) is 5.79. The first-order valence-corrected chi connectivity index (χ1v) is 8.17. The predicted molar refractivity (Wildman–Crippen MR) is 92.7 cm³/mol. The number of furan rings is 1. The highest BCUT2D eigenvalue weighted by Crippen LogP contribution is 2.17. The molecule has 26 heavy (non-hydrogen) atoms.